The fraction of sp³-hybridized carbons (Fsp3) is 0.176. The lowest BCUT2D eigenvalue weighted by Gasteiger charge is -2.04. The van der Waals surface area contributed by atoms with E-state index in [1.165, 1.54) is 4.52 Å². The smallest absolute Gasteiger partial charge is 0.277 e. The van der Waals surface area contributed by atoms with Crippen LogP contribution in [0.2, 0.25) is 0 Å². The van der Waals surface area contributed by atoms with Crippen LogP contribution in [0.5, 0.6) is 0 Å². The van der Waals surface area contributed by atoms with Crippen molar-refractivity contribution in [3.05, 3.63) is 64.6 Å². The van der Waals surface area contributed by atoms with Crippen molar-refractivity contribution in [2.24, 2.45) is 0 Å². The fourth-order valence-corrected chi connectivity index (χ4v) is 2.79. The van der Waals surface area contributed by atoms with E-state index < -0.39 is 0 Å². The second-order valence-electron chi connectivity index (χ2n) is 5.57. The van der Waals surface area contributed by atoms with Crippen molar-refractivity contribution in [3.8, 4) is 16.9 Å². The molecule has 0 saturated heterocycles. The van der Waals surface area contributed by atoms with Crippen LogP contribution in [0.15, 0.2) is 47.8 Å². The van der Waals surface area contributed by atoms with Gasteiger partial charge in [-0.3, -0.25) is 4.79 Å². The average Bonchev–Trinajstić information content (AvgIpc) is 3.25. The van der Waals surface area contributed by atoms with Gasteiger partial charge in [-0.15, -0.1) is 0 Å². The molecule has 4 heterocycles. The van der Waals surface area contributed by atoms with Crippen molar-refractivity contribution in [2.75, 3.05) is 0 Å². The lowest BCUT2D eigenvalue weighted by molar-refractivity contribution is 0.847. The fourth-order valence-electron chi connectivity index (χ4n) is 2.79. The van der Waals surface area contributed by atoms with E-state index in [-0.39, 0.29) is 5.56 Å². The Morgan fingerprint density at radius 1 is 1.21 bits per heavy atom. The first-order valence-corrected chi connectivity index (χ1v) is 7.75. The first kappa shape index (κ1) is 14.4. The van der Waals surface area contributed by atoms with Crippen molar-refractivity contribution < 1.29 is 0 Å². The Balaban J connectivity index is 1.88. The summed E-state index contributed by atoms with van der Waals surface area (Å²) in [6.45, 7) is 3.83. The van der Waals surface area contributed by atoms with E-state index in [1.54, 1.807) is 23.3 Å². The molecule has 0 spiro atoms. The van der Waals surface area contributed by atoms with Crippen LogP contribution in [0.25, 0.3) is 22.6 Å². The van der Waals surface area contributed by atoms with Gasteiger partial charge in [0.2, 0.25) is 0 Å². The van der Waals surface area contributed by atoms with E-state index >= 15 is 0 Å². The molecular formula is C17H16N6O. The molecule has 120 valence electrons. The molecule has 1 N–H and O–H groups in total. The van der Waals surface area contributed by atoms with Crippen LogP contribution in [-0.4, -0.2) is 29.4 Å². The summed E-state index contributed by atoms with van der Waals surface area (Å²) in [5.41, 5.74) is 3.92. The first-order chi connectivity index (χ1) is 11.7. The van der Waals surface area contributed by atoms with E-state index in [1.807, 2.05) is 38.2 Å². The molecule has 0 aromatic carbocycles. The number of aromatic nitrogens is 6. The molecular weight excluding hydrogens is 304 g/mol. The summed E-state index contributed by atoms with van der Waals surface area (Å²) in [5, 5.41) is 8.59. The largest absolute Gasteiger partial charge is 0.343 e. The Bertz CT molecular complexity index is 1070. The summed E-state index contributed by atoms with van der Waals surface area (Å²) >= 11 is 0. The van der Waals surface area contributed by atoms with Crippen LogP contribution in [0.4, 0.5) is 0 Å². The van der Waals surface area contributed by atoms with Crippen LogP contribution in [-0.2, 0) is 6.42 Å². The van der Waals surface area contributed by atoms with Crippen LogP contribution in [0.3, 0.4) is 0 Å². The second kappa shape index (κ2) is 5.45. The average molecular weight is 320 g/mol. The van der Waals surface area contributed by atoms with Crippen LogP contribution in [0.1, 0.15) is 18.2 Å². The van der Waals surface area contributed by atoms with Gasteiger partial charge in [-0.25, -0.2) is 9.67 Å². The number of pyridine rings is 1. The molecule has 0 aliphatic rings. The summed E-state index contributed by atoms with van der Waals surface area (Å²) in [7, 11) is 0. The zero-order chi connectivity index (χ0) is 16.7. The van der Waals surface area contributed by atoms with Crippen molar-refractivity contribution in [2.45, 2.75) is 20.3 Å². The number of nitrogens with zero attached hydrogens (tertiary/aromatic N) is 5. The van der Waals surface area contributed by atoms with Crippen molar-refractivity contribution in [1.29, 1.82) is 0 Å². The maximum absolute atomic E-state index is 12.4. The van der Waals surface area contributed by atoms with Crippen LogP contribution < -0.4 is 5.56 Å². The van der Waals surface area contributed by atoms with E-state index in [0.717, 1.165) is 29.1 Å². The van der Waals surface area contributed by atoms with Crippen molar-refractivity contribution in [1.82, 2.24) is 29.4 Å². The molecule has 0 bridgehead atoms. The van der Waals surface area contributed by atoms with Gasteiger partial charge in [0.1, 0.15) is 5.65 Å². The Kier molecular flexibility index (Phi) is 3.26. The predicted octanol–water partition coefficient (Wildman–Crippen LogP) is 2.14. The van der Waals surface area contributed by atoms with Gasteiger partial charge >= 0.3 is 0 Å². The van der Waals surface area contributed by atoms with Gasteiger partial charge in [0.05, 0.1) is 12.4 Å². The molecule has 4 rings (SSSR count). The Morgan fingerprint density at radius 3 is 2.83 bits per heavy atom. The molecule has 0 unspecified atom stereocenters. The molecule has 0 aliphatic heterocycles. The van der Waals surface area contributed by atoms with E-state index in [4.69, 9.17) is 0 Å². The van der Waals surface area contributed by atoms with Crippen LogP contribution in [0, 0.1) is 6.92 Å². The molecule has 0 radical (unpaired) electrons. The van der Waals surface area contributed by atoms with Crippen molar-refractivity contribution in [3.63, 3.8) is 0 Å². The number of rotatable bonds is 3. The number of fused-ring (bicyclic) bond motifs is 1. The normalized spacial score (nSPS) is 11.2. The summed E-state index contributed by atoms with van der Waals surface area (Å²) in [6.07, 6.45) is 7.79. The van der Waals surface area contributed by atoms with Crippen LogP contribution >= 0.6 is 0 Å². The highest BCUT2D eigenvalue weighted by Gasteiger charge is 2.14. The lowest BCUT2D eigenvalue weighted by Crippen LogP contribution is -2.20. The van der Waals surface area contributed by atoms with E-state index in [2.05, 4.69) is 20.2 Å². The third-order valence-corrected chi connectivity index (χ3v) is 4.14. The monoisotopic (exact) mass is 320 g/mol. The molecule has 24 heavy (non-hydrogen) atoms. The molecule has 0 fully saturated rings. The summed E-state index contributed by atoms with van der Waals surface area (Å²) < 4.78 is 3.10. The van der Waals surface area contributed by atoms with Gasteiger partial charge < -0.3 is 4.98 Å². The SMILES string of the molecule is CCc1[nH]c2c(-c3cnn(-c4ccccn4)c3)cnn2c(=O)c1C. The lowest BCUT2D eigenvalue weighted by atomic mass is 10.2. The highest BCUT2D eigenvalue weighted by Crippen LogP contribution is 2.23. The molecule has 0 amide bonds. The third kappa shape index (κ3) is 2.13. The zero-order valence-corrected chi connectivity index (χ0v) is 13.4. The molecule has 0 aliphatic carbocycles. The van der Waals surface area contributed by atoms with Gasteiger partial charge in [0, 0.05) is 34.8 Å². The molecule has 0 saturated carbocycles. The Labute approximate surface area is 137 Å². The number of hydrogen-bond donors (Lipinski definition) is 1. The third-order valence-electron chi connectivity index (χ3n) is 4.14. The number of nitrogens with one attached hydrogen (secondary N) is 1. The topological polar surface area (TPSA) is 80.9 Å². The quantitative estimate of drug-likeness (QED) is 0.627. The highest BCUT2D eigenvalue weighted by molar-refractivity contribution is 5.76. The Hall–Kier alpha value is -3.22. The maximum Gasteiger partial charge on any atom is 0.277 e. The van der Waals surface area contributed by atoms with Crippen molar-refractivity contribution >= 4 is 5.65 Å². The number of aromatic amines is 1. The zero-order valence-electron chi connectivity index (χ0n) is 13.4. The van der Waals surface area contributed by atoms with Gasteiger partial charge in [-0.05, 0) is 25.5 Å². The standard InChI is InChI=1S/C17H16N6O/c1-3-14-11(2)17(24)23-16(21-14)13(9-20-23)12-8-19-22(10-12)15-6-4-5-7-18-15/h4-10,21H,3H2,1-2H3. The second-order valence-corrected chi connectivity index (χ2v) is 5.57. The molecule has 7 nitrogen and oxygen atoms in total. The molecule has 4 aromatic heterocycles. The summed E-state index contributed by atoms with van der Waals surface area (Å²) in [4.78, 5) is 20.0. The van der Waals surface area contributed by atoms with Gasteiger partial charge in [0.15, 0.2) is 5.82 Å². The number of H-pyrrole nitrogens is 1. The predicted molar refractivity (Wildman–Crippen MR) is 90.3 cm³/mol. The van der Waals surface area contributed by atoms with Gasteiger partial charge in [-0.1, -0.05) is 13.0 Å². The molecule has 4 aromatic rings. The summed E-state index contributed by atoms with van der Waals surface area (Å²) in [5.74, 6) is 0.735. The highest BCUT2D eigenvalue weighted by atomic mass is 16.1. The minimum absolute atomic E-state index is 0.0935. The number of hydrogen-bond acceptors (Lipinski definition) is 4. The van der Waals surface area contributed by atoms with E-state index in [9.17, 15) is 4.79 Å². The molecule has 0 atom stereocenters. The maximum atomic E-state index is 12.4. The van der Waals surface area contributed by atoms with Gasteiger partial charge in [-0.2, -0.15) is 14.7 Å². The first-order valence-electron chi connectivity index (χ1n) is 7.75. The van der Waals surface area contributed by atoms with E-state index in [0.29, 0.717) is 11.2 Å². The minimum Gasteiger partial charge on any atom is -0.343 e. The number of aryl methyl sites for hydroxylation is 1. The molecule has 7 heteroatoms. The minimum atomic E-state index is -0.0935. The summed E-state index contributed by atoms with van der Waals surface area (Å²) in [6, 6.07) is 5.65. The van der Waals surface area contributed by atoms with Gasteiger partial charge in [0.25, 0.3) is 5.56 Å². The Morgan fingerprint density at radius 2 is 2.08 bits per heavy atom.